The molecule has 1 heterocycles. The van der Waals surface area contributed by atoms with Crippen LogP contribution in [0, 0.1) is 0 Å². The maximum atomic E-state index is 12.1. The van der Waals surface area contributed by atoms with Crippen molar-refractivity contribution in [1.29, 1.82) is 0 Å². The monoisotopic (exact) mass is 260 g/mol. The van der Waals surface area contributed by atoms with Crippen molar-refractivity contribution in [1.82, 2.24) is 4.57 Å². The maximum absolute atomic E-state index is 12.1. The number of rotatable bonds is 3. The molecule has 0 aliphatic rings. The largest absolute Gasteiger partial charge is 0.491 e. The van der Waals surface area contributed by atoms with Crippen LogP contribution in [-0.4, -0.2) is 10.7 Å². The van der Waals surface area contributed by atoms with Crippen LogP contribution in [0.4, 0.5) is 0 Å². The Morgan fingerprint density at radius 1 is 1.21 bits per heavy atom. The van der Waals surface area contributed by atoms with E-state index in [9.17, 15) is 4.79 Å². The van der Waals surface area contributed by atoms with Crippen molar-refractivity contribution in [2.75, 3.05) is 0 Å². The van der Waals surface area contributed by atoms with E-state index < -0.39 is 0 Å². The highest BCUT2D eigenvalue weighted by Gasteiger charge is 2.11. The lowest BCUT2D eigenvalue weighted by Gasteiger charge is -2.14. The number of fused-ring (bicyclic) bond motifs is 1. The Labute approximate surface area is 112 Å². The minimum absolute atomic E-state index is 0.0416. The molecule has 0 amide bonds. The van der Waals surface area contributed by atoms with E-state index in [2.05, 4.69) is 0 Å². The second-order valence-electron chi connectivity index (χ2n) is 5.14. The van der Waals surface area contributed by atoms with Crippen LogP contribution in [0.3, 0.4) is 0 Å². The van der Waals surface area contributed by atoms with Gasteiger partial charge in [0.15, 0.2) is 0 Å². The van der Waals surface area contributed by atoms with Gasteiger partial charge >= 0.3 is 0 Å². The smallest absolute Gasteiger partial charge is 0.255 e. The Morgan fingerprint density at radius 2 is 1.89 bits per heavy atom. The van der Waals surface area contributed by atoms with E-state index in [1.807, 2.05) is 45.0 Å². The molecule has 0 bridgehead atoms. The Balaban J connectivity index is 2.65. The normalized spacial score (nSPS) is 12.9. The summed E-state index contributed by atoms with van der Waals surface area (Å²) in [4.78, 5) is 12.1. The summed E-state index contributed by atoms with van der Waals surface area (Å²) in [6, 6.07) is 7.31. The number of benzene rings is 1. The minimum Gasteiger partial charge on any atom is -0.491 e. The highest BCUT2D eigenvalue weighted by Crippen LogP contribution is 2.22. The third-order valence-corrected chi connectivity index (χ3v) is 3.09. The average molecular weight is 260 g/mol. The van der Waals surface area contributed by atoms with Crippen LogP contribution in [0.2, 0.25) is 0 Å². The molecule has 4 heteroatoms. The first-order valence-electron chi connectivity index (χ1n) is 6.46. The molecule has 0 radical (unpaired) electrons. The number of hydrogen-bond donors (Lipinski definition) is 1. The fourth-order valence-corrected chi connectivity index (χ4v) is 2.16. The molecule has 2 rings (SSSR count). The topological polar surface area (TPSA) is 57.2 Å². The van der Waals surface area contributed by atoms with Crippen LogP contribution >= 0.6 is 0 Å². The summed E-state index contributed by atoms with van der Waals surface area (Å²) in [5.74, 6) is 0.803. The number of aromatic nitrogens is 1. The van der Waals surface area contributed by atoms with Crippen LogP contribution < -0.4 is 16.0 Å². The van der Waals surface area contributed by atoms with Gasteiger partial charge in [-0.25, -0.2) is 0 Å². The molecule has 1 aromatic carbocycles. The molecule has 2 N–H and O–H groups in total. The fraction of sp³-hybridized carbons (Fsp3) is 0.400. The zero-order valence-corrected chi connectivity index (χ0v) is 11.8. The molecular formula is C15H20N2O2. The summed E-state index contributed by atoms with van der Waals surface area (Å²) < 4.78 is 7.31. The molecule has 102 valence electrons. The average Bonchev–Trinajstić information content (AvgIpc) is 2.32. The van der Waals surface area contributed by atoms with Gasteiger partial charge in [0.05, 0.1) is 11.6 Å². The molecule has 0 saturated carbocycles. The third kappa shape index (κ3) is 2.63. The van der Waals surface area contributed by atoms with Gasteiger partial charge in [-0.05, 0) is 45.0 Å². The predicted molar refractivity (Wildman–Crippen MR) is 77.6 cm³/mol. The third-order valence-electron chi connectivity index (χ3n) is 3.09. The summed E-state index contributed by atoms with van der Waals surface area (Å²) in [6.45, 7) is 5.79. The number of hydrogen-bond acceptors (Lipinski definition) is 3. The Morgan fingerprint density at radius 3 is 2.47 bits per heavy atom. The standard InChI is InChI=1S/C15H20N2O2/c1-9(2)19-12-5-6-14-11(7-12)8-13(10(3)16)15(18)17(14)4/h5-10H,16H2,1-4H3. The number of pyridine rings is 1. The van der Waals surface area contributed by atoms with E-state index in [-0.39, 0.29) is 17.7 Å². The summed E-state index contributed by atoms with van der Waals surface area (Å²) >= 11 is 0. The van der Waals surface area contributed by atoms with Gasteiger partial charge in [-0.15, -0.1) is 0 Å². The predicted octanol–water partition coefficient (Wildman–Crippen LogP) is 2.35. The number of ether oxygens (including phenoxy) is 1. The molecule has 1 aromatic heterocycles. The molecule has 2 aromatic rings. The first kappa shape index (κ1) is 13.6. The maximum Gasteiger partial charge on any atom is 0.255 e. The Bertz CT molecular complexity index is 657. The number of nitrogens with two attached hydrogens (primary N) is 1. The van der Waals surface area contributed by atoms with Gasteiger partial charge in [0.25, 0.3) is 5.56 Å². The fourth-order valence-electron chi connectivity index (χ4n) is 2.16. The van der Waals surface area contributed by atoms with Gasteiger partial charge < -0.3 is 15.0 Å². The number of nitrogens with zero attached hydrogens (tertiary/aromatic N) is 1. The van der Waals surface area contributed by atoms with Gasteiger partial charge in [0, 0.05) is 24.0 Å². The van der Waals surface area contributed by atoms with E-state index in [0.717, 1.165) is 16.7 Å². The molecule has 19 heavy (non-hydrogen) atoms. The van der Waals surface area contributed by atoms with E-state index in [1.165, 1.54) is 0 Å². The SMILES string of the molecule is CC(C)Oc1ccc2c(c1)cc(C(C)N)c(=O)n2C. The summed E-state index contributed by atoms with van der Waals surface area (Å²) in [5.41, 5.74) is 7.31. The summed E-state index contributed by atoms with van der Waals surface area (Å²) in [7, 11) is 1.76. The van der Waals surface area contributed by atoms with Crippen molar-refractivity contribution in [3.8, 4) is 5.75 Å². The van der Waals surface area contributed by atoms with Gasteiger partial charge in [0.1, 0.15) is 5.75 Å². The van der Waals surface area contributed by atoms with Gasteiger partial charge in [-0.2, -0.15) is 0 Å². The zero-order valence-electron chi connectivity index (χ0n) is 11.8. The summed E-state index contributed by atoms with van der Waals surface area (Å²) in [6.07, 6.45) is 0.123. The van der Waals surface area contributed by atoms with E-state index in [4.69, 9.17) is 10.5 Å². The molecule has 1 unspecified atom stereocenters. The second-order valence-corrected chi connectivity index (χ2v) is 5.14. The molecule has 0 aliphatic heterocycles. The van der Waals surface area contributed by atoms with Gasteiger partial charge in [-0.1, -0.05) is 0 Å². The molecular weight excluding hydrogens is 240 g/mol. The lowest BCUT2D eigenvalue weighted by atomic mass is 10.1. The van der Waals surface area contributed by atoms with Crippen molar-refractivity contribution in [2.24, 2.45) is 12.8 Å². The lowest BCUT2D eigenvalue weighted by Crippen LogP contribution is -2.25. The van der Waals surface area contributed by atoms with Crippen LogP contribution in [-0.2, 0) is 7.05 Å². The van der Waals surface area contributed by atoms with Crippen molar-refractivity contribution in [2.45, 2.75) is 32.9 Å². The van der Waals surface area contributed by atoms with Crippen LogP contribution in [0.1, 0.15) is 32.4 Å². The zero-order chi connectivity index (χ0) is 14.2. The number of aryl methyl sites for hydroxylation is 1. The summed E-state index contributed by atoms with van der Waals surface area (Å²) in [5, 5.41) is 0.965. The molecule has 0 fully saturated rings. The Kier molecular flexibility index (Phi) is 3.62. The highest BCUT2D eigenvalue weighted by molar-refractivity contribution is 5.81. The van der Waals surface area contributed by atoms with Gasteiger partial charge in [-0.3, -0.25) is 4.79 Å². The molecule has 1 atom stereocenters. The first-order valence-corrected chi connectivity index (χ1v) is 6.46. The van der Waals surface area contributed by atoms with Crippen LogP contribution in [0.15, 0.2) is 29.1 Å². The lowest BCUT2D eigenvalue weighted by molar-refractivity contribution is 0.243. The van der Waals surface area contributed by atoms with Crippen LogP contribution in [0.5, 0.6) is 5.75 Å². The minimum atomic E-state index is -0.280. The molecule has 0 saturated heterocycles. The highest BCUT2D eigenvalue weighted by atomic mass is 16.5. The van der Waals surface area contributed by atoms with Gasteiger partial charge in [0.2, 0.25) is 0 Å². The van der Waals surface area contributed by atoms with E-state index in [1.54, 1.807) is 11.6 Å². The Hall–Kier alpha value is -1.81. The van der Waals surface area contributed by atoms with Crippen molar-refractivity contribution < 1.29 is 4.74 Å². The van der Waals surface area contributed by atoms with Crippen LogP contribution in [0.25, 0.3) is 10.9 Å². The van der Waals surface area contributed by atoms with Crippen molar-refractivity contribution >= 4 is 10.9 Å². The van der Waals surface area contributed by atoms with E-state index in [0.29, 0.717) is 5.56 Å². The van der Waals surface area contributed by atoms with Crippen molar-refractivity contribution in [3.05, 3.63) is 40.2 Å². The van der Waals surface area contributed by atoms with E-state index >= 15 is 0 Å². The molecule has 0 spiro atoms. The quantitative estimate of drug-likeness (QED) is 0.921. The first-order chi connectivity index (χ1) is 8.90. The second kappa shape index (κ2) is 5.05. The van der Waals surface area contributed by atoms with Crippen molar-refractivity contribution in [3.63, 3.8) is 0 Å². The molecule has 4 nitrogen and oxygen atoms in total. The molecule has 0 aliphatic carbocycles.